The topological polar surface area (TPSA) is 0 Å². The summed E-state index contributed by atoms with van der Waals surface area (Å²) in [5, 5.41) is 1.08. The molecule has 1 unspecified atom stereocenters. The molecule has 0 saturated heterocycles. The van der Waals surface area contributed by atoms with Gasteiger partial charge in [0.15, 0.2) is 0 Å². The highest BCUT2D eigenvalue weighted by molar-refractivity contribution is 9.09. The van der Waals surface area contributed by atoms with Crippen molar-refractivity contribution in [2.24, 2.45) is 11.3 Å². The summed E-state index contributed by atoms with van der Waals surface area (Å²) in [4.78, 5) is 1.41. The summed E-state index contributed by atoms with van der Waals surface area (Å²) < 4.78 is 0. The van der Waals surface area contributed by atoms with Crippen molar-refractivity contribution in [3.63, 3.8) is 0 Å². The van der Waals surface area contributed by atoms with Crippen LogP contribution in [-0.4, -0.2) is 11.1 Å². The molecule has 0 aliphatic carbocycles. The molecule has 0 amide bonds. The smallest absolute Gasteiger partial charge is 0.0101 e. The molecule has 0 aliphatic rings. The summed E-state index contributed by atoms with van der Waals surface area (Å²) in [6.07, 6.45) is 0. The second kappa shape index (κ2) is 6.11. The average Bonchev–Trinajstić information content (AvgIpc) is 2.19. The molecule has 0 heterocycles. The standard InChI is InChI=1S/C14H21BrS/c1-11-7-5-6-8-13(11)16-10-12(9-15)14(2,3)4/h5-8,12H,9-10H2,1-4H3. The third-order valence-electron chi connectivity index (χ3n) is 2.94. The van der Waals surface area contributed by atoms with Crippen LogP contribution < -0.4 is 0 Å². The molecule has 90 valence electrons. The van der Waals surface area contributed by atoms with E-state index >= 15 is 0 Å². The molecule has 0 bridgehead atoms. The first-order valence-electron chi connectivity index (χ1n) is 5.69. The van der Waals surface area contributed by atoms with Crippen molar-refractivity contribution in [1.82, 2.24) is 0 Å². The lowest BCUT2D eigenvalue weighted by Gasteiger charge is -2.29. The number of benzene rings is 1. The van der Waals surface area contributed by atoms with Crippen LogP contribution in [0.3, 0.4) is 0 Å². The minimum atomic E-state index is 0.374. The Bertz CT molecular complexity index is 328. The molecule has 2 heteroatoms. The van der Waals surface area contributed by atoms with Gasteiger partial charge in [0.1, 0.15) is 0 Å². The Kier molecular flexibility index (Phi) is 5.39. The van der Waals surface area contributed by atoms with Gasteiger partial charge < -0.3 is 0 Å². The summed E-state index contributed by atoms with van der Waals surface area (Å²) >= 11 is 5.61. The quantitative estimate of drug-likeness (QED) is 0.548. The van der Waals surface area contributed by atoms with Crippen LogP contribution in [0.4, 0.5) is 0 Å². The number of hydrogen-bond donors (Lipinski definition) is 0. The normalized spacial score (nSPS) is 13.8. The Balaban J connectivity index is 2.60. The Labute approximate surface area is 112 Å². The monoisotopic (exact) mass is 300 g/mol. The van der Waals surface area contributed by atoms with Crippen LogP contribution in [0.2, 0.25) is 0 Å². The van der Waals surface area contributed by atoms with E-state index in [0.29, 0.717) is 11.3 Å². The molecule has 1 aromatic rings. The van der Waals surface area contributed by atoms with Gasteiger partial charge in [-0.1, -0.05) is 54.9 Å². The van der Waals surface area contributed by atoms with Crippen molar-refractivity contribution in [3.05, 3.63) is 29.8 Å². The maximum Gasteiger partial charge on any atom is 0.0101 e. The number of hydrogen-bond acceptors (Lipinski definition) is 1. The van der Waals surface area contributed by atoms with Crippen molar-refractivity contribution >= 4 is 27.7 Å². The molecule has 16 heavy (non-hydrogen) atoms. The van der Waals surface area contributed by atoms with Crippen LogP contribution in [0, 0.1) is 18.3 Å². The van der Waals surface area contributed by atoms with Crippen molar-refractivity contribution < 1.29 is 0 Å². The predicted octanol–water partition coefficient (Wildman–Crippen LogP) is 5.14. The van der Waals surface area contributed by atoms with Gasteiger partial charge in [0.05, 0.1) is 0 Å². The molecule has 0 aromatic heterocycles. The van der Waals surface area contributed by atoms with E-state index in [1.54, 1.807) is 0 Å². The van der Waals surface area contributed by atoms with E-state index in [0.717, 1.165) is 5.33 Å². The maximum absolute atomic E-state index is 3.63. The molecule has 0 N–H and O–H groups in total. The van der Waals surface area contributed by atoms with E-state index in [2.05, 4.69) is 67.9 Å². The fourth-order valence-electron chi connectivity index (χ4n) is 1.43. The highest BCUT2D eigenvalue weighted by Crippen LogP contribution is 2.33. The lowest BCUT2D eigenvalue weighted by atomic mass is 9.83. The molecule has 0 saturated carbocycles. The van der Waals surface area contributed by atoms with Gasteiger partial charge in [0.25, 0.3) is 0 Å². The van der Waals surface area contributed by atoms with E-state index in [9.17, 15) is 0 Å². The summed E-state index contributed by atoms with van der Waals surface area (Å²) in [5.41, 5.74) is 1.76. The molecular weight excluding hydrogens is 280 g/mol. The van der Waals surface area contributed by atoms with Crippen LogP contribution in [0.1, 0.15) is 26.3 Å². The van der Waals surface area contributed by atoms with Crippen LogP contribution >= 0.6 is 27.7 Å². The van der Waals surface area contributed by atoms with Gasteiger partial charge in [-0.15, -0.1) is 11.8 Å². The van der Waals surface area contributed by atoms with Crippen molar-refractivity contribution in [2.75, 3.05) is 11.1 Å². The zero-order valence-corrected chi connectivity index (χ0v) is 13.0. The van der Waals surface area contributed by atoms with Crippen LogP contribution in [0.25, 0.3) is 0 Å². The lowest BCUT2D eigenvalue weighted by Crippen LogP contribution is -2.24. The van der Waals surface area contributed by atoms with Crippen LogP contribution in [0.5, 0.6) is 0 Å². The molecule has 0 nitrogen and oxygen atoms in total. The average molecular weight is 301 g/mol. The van der Waals surface area contributed by atoms with E-state index in [4.69, 9.17) is 0 Å². The Hall–Kier alpha value is 0.0500. The third-order valence-corrected chi connectivity index (χ3v) is 5.06. The summed E-state index contributed by atoms with van der Waals surface area (Å²) in [7, 11) is 0. The number of rotatable bonds is 4. The van der Waals surface area contributed by atoms with Gasteiger partial charge in [0, 0.05) is 16.0 Å². The molecule has 0 fully saturated rings. The summed E-state index contributed by atoms with van der Waals surface area (Å²) in [6, 6.07) is 8.62. The van der Waals surface area contributed by atoms with E-state index in [-0.39, 0.29) is 0 Å². The van der Waals surface area contributed by atoms with Crippen LogP contribution in [0.15, 0.2) is 29.2 Å². The maximum atomic E-state index is 3.63. The van der Waals surface area contributed by atoms with Gasteiger partial charge in [-0.2, -0.15) is 0 Å². The fourth-order valence-corrected chi connectivity index (χ4v) is 4.41. The number of thioether (sulfide) groups is 1. The highest BCUT2D eigenvalue weighted by Gasteiger charge is 2.23. The largest absolute Gasteiger partial charge is 0.126 e. The van der Waals surface area contributed by atoms with Gasteiger partial charge >= 0.3 is 0 Å². The second-order valence-electron chi connectivity index (χ2n) is 5.29. The zero-order valence-electron chi connectivity index (χ0n) is 10.6. The molecule has 0 radical (unpaired) electrons. The number of halogens is 1. The molecule has 1 rings (SSSR count). The Morgan fingerprint density at radius 2 is 1.88 bits per heavy atom. The van der Waals surface area contributed by atoms with Gasteiger partial charge in [-0.3, -0.25) is 0 Å². The van der Waals surface area contributed by atoms with Gasteiger partial charge in [-0.25, -0.2) is 0 Å². The first-order chi connectivity index (χ1) is 7.45. The summed E-state index contributed by atoms with van der Waals surface area (Å²) in [5.74, 6) is 1.89. The lowest BCUT2D eigenvalue weighted by molar-refractivity contribution is 0.295. The van der Waals surface area contributed by atoms with Crippen molar-refractivity contribution in [2.45, 2.75) is 32.6 Å². The molecule has 1 atom stereocenters. The molecular formula is C14H21BrS. The predicted molar refractivity (Wildman–Crippen MR) is 78.6 cm³/mol. The van der Waals surface area contributed by atoms with Gasteiger partial charge in [-0.05, 0) is 29.9 Å². The fraction of sp³-hybridized carbons (Fsp3) is 0.571. The van der Waals surface area contributed by atoms with E-state index in [1.165, 1.54) is 16.2 Å². The van der Waals surface area contributed by atoms with Crippen molar-refractivity contribution in [3.8, 4) is 0 Å². The first-order valence-corrected chi connectivity index (χ1v) is 7.80. The molecule has 0 aliphatic heterocycles. The zero-order chi connectivity index (χ0) is 12.2. The van der Waals surface area contributed by atoms with Gasteiger partial charge in [0.2, 0.25) is 0 Å². The number of alkyl halides is 1. The third kappa shape index (κ3) is 4.14. The highest BCUT2D eigenvalue weighted by atomic mass is 79.9. The Morgan fingerprint density at radius 3 is 2.38 bits per heavy atom. The van der Waals surface area contributed by atoms with Crippen LogP contribution in [-0.2, 0) is 0 Å². The minimum Gasteiger partial charge on any atom is -0.126 e. The van der Waals surface area contributed by atoms with E-state index in [1.807, 2.05) is 11.8 Å². The van der Waals surface area contributed by atoms with E-state index < -0.39 is 0 Å². The Morgan fingerprint density at radius 1 is 1.25 bits per heavy atom. The van der Waals surface area contributed by atoms with Crippen molar-refractivity contribution in [1.29, 1.82) is 0 Å². The molecule has 0 spiro atoms. The first kappa shape index (κ1) is 14.1. The number of aryl methyl sites for hydroxylation is 1. The molecule has 1 aromatic carbocycles. The summed E-state index contributed by atoms with van der Waals surface area (Å²) in [6.45, 7) is 9.13. The SMILES string of the molecule is Cc1ccccc1SCC(CBr)C(C)(C)C. The minimum absolute atomic E-state index is 0.374. The second-order valence-corrected chi connectivity index (χ2v) is 7.00.